The van der Waals surface area contributed by atoms with Crippen LogP contribution in [0.1, 0.15) is 38.8 Å². The van der Waals surface area contributed by atoms with Gasteiger partial charge in [0.25, 0.3) is 17.7 Å². The molecule has 34 heavy (non-hydrogen) atoms. The van der Waals surface area contributed by atoms with Crippen molar-refractivity contribution in [2.24, 2.45) is 0 Å². The smallest absolute Gasteiger partial charge is 0.308 e. The highest BCUT2D eigenvalue weighted by Gasteiger charge is 2.35. The highest BCUT2D eigenvalue weighted by molar-refractivity contribution is 6.21. The molecule has 1 N–H and O–H groups in total. The van der Waals surface area contributed by atoms with Gasteiger partial charge in [0.15, 0.2) is 0 Å². The second-order valence-corrected chi connectivity index (χ2v) is 7.56. The van der Waals surface area contributed by atoms with Crippen LogP contribution >= 0.6 is 0 Å². The number of nitrogens with one attached hydrogen (secondary N) is 1. The number of carbonyl (C=O) groups is 4. The van der Waals surface area contributed by atoms with Gasteiger partial charge in [0.05, 0.1) is 24.7 Å². The first kappa shape index (κ1) is 22.7. The second kappa shape index (κ2) is 9.99. The molecule has 8 nitrogen and oxygen atoms in total. The van der Waals surface area contributed by atoms with E-state index in [-0.39, 0.29) is 13.0 Å². The molecule has 1 atom stereocenters. The molecule has 0 unspecified atom stereocenters. The van der Waals surface area contributed by atoms with Gasteiger partial charge in [0.2, 0.25) is 6.10 Å². The number of benzene rings is 3. The van der Waals surface area contributed by atoms with E-state index < -0.39 is 29.8 Å². The van der Waals surface area contributed by atoms with Crippen molar-refractivity contribution in [2.45, 2.75) is 12.5 Å². The molecule has 172 valence electrons. The number of carbonyl (C=O) groups excluding carboxylic acids is 4. The van der Waals surface area contributed by atoms with Gasteiger partial charge >= 0.3 is 5.97 Å². The van der Waals surface area contributed by atoms with E-state index in [1.165, 1.54) is 7.11 Å². The van der Waals surface area contributed by atoms with Crippen LogP contribution in [0.4, 0.5) is 5.69 Å². The molecule has 0 saturated heterocycles. The zero-order chi connectivity index (χ0) is 24.1. The van der Waals surface area contributed by atoms with Gasteiger partial charge < -0.3 is 14.8 Å². The largest absolute Gasteiger partial charge is 0.497 e. The van der Waals surface area contributed by atoms with Crippen molar-refractivity contribution >= 4 is 29.4 Å². The molecular weight excluding hydrogens is 436 g/mol. The number of amides is 3. The lowest BCUT2D eigenvalue weighted by Gasteiger charge is -2.19. The van der Waals surface area contributed by atoms with Crippen molar-refractivity contribution in [1.29, 1.82) is 0 Å². The third-order valence-corrected chi connectivity index (χ3v) is 5.34. The van der Waals surface area contributed by atoms with Crippen LogP contribution < -0.4 is 10.1 Å². The van der Waals surface area contributed by atoms with Crippen LogP contribution in [0.15, 0.2) is 78.9 Å². The number of fused-ring (bicyclic) bond motifs is 1. The van der Waals surface area contributed by atoms with Crippen LogP contribution in [0.2, 0.25) is 0 Å². The van der Waals surface area contributed by atoms with Crippen molar-refractivity contribution in [3.63, 3.8) is 0 Å². The summed E-state index contributed by atoms with van der Waals surface area (Å²) >= 11 is 0. The fraction of sp³-hybridized carbons (Fsp3) is 0.154. The maximum atomic E-state index is 13.0. The van der Waals surface area contributed by atoms with Gasteiger partial charge in [-0.25, -0.2) is 0 Å². The second-order valence-electron chi connectivity index (χ2n) is 7.56. The Morgan fingerprint density at radius 3 is 2.18 bits per heavy atom. The number of ether oxygens (including phenoxy) is 2. The molecule has 0 bridgehead atoms. The molecule has 3 aromatic rings. The normalized spacial score (nSPS) is 13.3. The summed E-state index contributed by atoms with van der Waals surface area (Å²) in [7, 11) is 1.52. The maximum Gasteiger partial charge on any atom is 0.308 e. The molecule has 3 aromatic carbocycles. The molecule has 3 amide bonds. The van der Waals surface area contributed by atoms with Crippen molar-refractivity contribution < 1.29 is 28.7 Å². The number of hydrogen-bond acceptors (Lipinski definition) is 6. The summed E-state index contributed by atoms with van der Waals surface area (Å²) in [6.45, 7) is -0.149. The Kier molecular flexibility index (Phi) is 6.68. The summed E-state index contributed by atoms with van der Waals surface area (Å²) in [5.41, 5.74) is 1.57. The van der Waals surface area contributed by atoms with E-state index in [1.807, 2.05) is 0 Å². The molecule has 0 aliphatic carbocycles. The Labute approximate surface area is 196 Å². The van der Waals surface area contributed by atoms with Crippen LogP contribution in [0, 0.1) is 0 Å². The van der Waals surface area contributed by atoms with Gasteiger partial charge in [0, 0.05) is 23.9 Å². The monoisotopic (exact) mass is 458 g/mol. The van der Waals surface area contributed by atoms with Crippen molar-refractivity contribution in [2.75, 3.05) is 19.0 Å². The summed E-state index contributed by atoms with van der Waals surface area (Å²) in [5, 5.41) is 2.73. The highest BCUT2D eigenvalue weighted by Crippen LogP contribution is 2.25. The molecule has 1 heterocycles. The minimum atomic E-state index is -1.22. The molecule has 0 aromatic heterocycles. The Bertz CT molecular complexity index is 1210. The van der Waals surface area contributed by atoms with E-state index in [9.17, 15) is 19.2 Å². The standard InChI is InChI=1S/C26H22N2O6/c1-33-19-11-7-10-18(16-19)27-24(30)23(17-8-3-2-4-9-17)34-22(29)14-15-28-25(31)20-12-5-6-13-21(20)26(28)32/h2-13,16,23H,14-15H2,1H3,(H,27,30)/t23-/m0/s1. The summed E-state index contributed by atoms with van der Waals surface area (Å²) in [5.74, 6) is -1.61. The average Bonchev–Trinajstić information content (AvgIpc) is 3.11. The zero-order valence-electron chi connectivity index (χ0n) is 18.4. The first-order valence-electron chi connectivity index (χ1n) is 10.6. The van der Waals surface area contributed by atoms with Crippen molar-refractivity contribution in [3.05, 3.63) is 95.6 Å². The van der Waals surface area contributed by atoms with Gasteiger partial charge in [-0.05, 0) is 24.3 Å². The minimum absolute atomic E-state index is 0.149. The molecule has 8 heteroatoms. The Hall–Kier alpha value is -4.46. The molecule has 0 saturated carbocycles. The van der Waals surface area contributed by atoms with E-state index in [4.69, 9.17) is 9.47 Å². The number of methoxy groups -OCH3 is 1. The fourth-order valence-corrected chi connectivity index (χ4v) is 3.65. The number of anilines is 1. The molecule has 0 fully saturated rings. The van der Waals surface area contributed by atoms with Gasteiger partial charge in [-0.1, -0.05) is 48.5 Å². The molecule has 1 aliphatic rings. The predicted molar refractivity (Wildman–Crippen MR) is 123 cm³/mol. The van der Waals surface area contributed by atoms with E-state index in [1.54, 1.807) is 78.9 Å². The quantitative estimate of drug-likeness (QED) is 0.409. The molecule has 4 rings (SSSR count). The highest BCUT2D eigenvalue weighted by atomic mass is 16.5. The van der Waals surface area contributed by atoms with E-state index in [0.29, 0.717) is 28.1 Å². The van der Waals surface area contributed by atoms with E-state index in [2.05, 4.69) is 5.32 Å². The van der Waals surface area contributed by atoms with Crippen LogP contribution in [0.3, 0.4) is 0 Å². The Morgan fingerprint density at radius 1 is 0.882 bits per heavy atom. The summed E-state index contributed by atoms with van der Waals surface area (Å²) in [6, 6.07) is 21.9. The molecule has 1 aliphatic heterocycles. The van der Waals surface area contributed by atoms with E-state index in [0.717, 1.165) is 4.90 Å². The minimum Gasteiger partial charge on any atom is -0.497 e. The third kappa shape index (κ3) is 4.80. The maximum absolute atomic E-state index is 13.0. The third-order valence-electron chi connectivity index (χ3n) is 5.34. The predicted octanol–water partition coefficient (Wildman–Crippen LogP) is 3.60. The van der Waals surface area contributed by atoms with E-state index >= 15 is 0 Å². The fourth-order valence-electron chi connectivity index (χ4n) is 3.65. The van der Waals surface area contributed by atoms with Gasteiger partial charge in [-0.3, -0.25) is 24.1 Å². The number of imide groups is 1. The SMILES string of the molecule is COc1cccc(NC(=O)[C@@H](OC(=O)CCN2C(=O)c3ccccc3C2=O)c2ccccc2)c1. The summed E-state index contributed by atoms with van der Waals surface area (Å²) < 4.78 is 10.7. The number of nitrogens with zero attached hydrogens (tertiary/aromatic N) is 1. The van der Waals surface area contributed by atoms with Gasteiger partial charge in [-0.15, -0.1) is 0 Å². The van der Waals surface area contributed by atoms with Crippen LogP contribution in [-0.2, 0) is 14.3 Å². The molecular formula is C26H22N2O6. The lowest BCUT2D eigenvalue weighted by atomic mass is 10.1. The van der Waals surface area contributed by atoms with Crippen molar-refractivity contribution in [1.82, 2.24) is 4.90 Å². The van der Waals surface area contributed by atoms with Crippen LogP contribution in [0.25, 0.3) is 0 Å². The van der Waals surface area contributed by atoms with Crippen molar-refractivity contribution in [3.8, 4) is 5.75 Å². The summed E-state index contributed by atoms with van der Waals surface area (Å²) in [4.78, 5) is 51.7. The number of rotatable bonds is 8. The number of esters is 1. The number of hydrogen-bond donors (Lipinski definition) is 1. The molecule has 0 spiro atoms. The topological polar surface area (TPSA) is 102 Å². The first-order chi connectivity index (χ1) is 16.5. The molecule has 0 radical (unpaired) electrons. The average molecular weight is 458 g/mol. The first-order valence-corrected chi connectivity index (χ1v) is 10.6. The van der Waals surface area contributed by atoms with Gasteiger partial charge in [0.1, 0.15) is 5.75 Å². The summed E-state index contributed by atoms with van der Waals surface area (Å²) in [6.07, 6.45) is -1.47. The van der Waals surface area contributed by atoms with Crippen LogP contribution in [-0.4, -0.2) is 42.2 Å². The Morgan fingerprint density at radius 2 is 1.53 bits per heavy atom. The lowest BCUT2D eigenvalue weighted by Crippen LogP contribution is -2.33. The van der Waals surface area contributed by atoms with Gasteiger partial charge in [-0.2, -0.15) is 0 Å². The Balaban J connectivity index is 1.44. The van der Waals surface area contributed by atoms with Crippen LogP contribution in [0.5, 0.6) is 5.75 Å². The lowest BCUT2D eigenvalue weighted by molar-refractivity contribution is -0.154. The zero-order valence-corrected chi connectivity index (χ0v) is 18.4.